The molecule has 8 heteroatoms. The Morgan fingerprint density at radius 2 is 1.81 bits per heavy atom. The molecule has 166 valence electrons. The summed E-state index contributed by atoms with van der Waals surface area (Å²) in [6, 6.07) is 13.2. The van der Waals surface area contributed by atoms with E-state index >= 15 is 0 Å². The van der Waals surface area contributed by atoms with Gasteiger partial charge in [-0.2, -0.15) is 0 Å². The summed E-state index contributed by atoms with van der Waals surface area (Å²) in [4.78, 5) is 25.3. The molecule has 2 aromatic rings. The van der Waals surface area contributed by atoms with E-state index in [1.807, 2.05) is 37.3 Å². The third kappa shape index (κ3) is 6.05. The minimum absolute atomic E-state index is 0.0327. The Balaban J connectivity index is 2.19. The lowest BCUT2D eigenvalue weighted by Crippen LogP contribution is -2.52. The number of carboxylic acid groups (broad SMARTS) is 1. The number of anilines is 1. The van der Waals surface area contributed by atoms with Gasteiger partial charge < -0.3 is 21.1 Å². The predicted molar refractivity (Wildman–Crippen MR) is 122 cm³/mol. The number of amidine groups is 1. The number of carbonyl (C=O) groups excluding carboxylic acids is 1. The molecule has 0 bridgehead atoms. The van der Waals surface area contributed by atoms with Crippen molar-refractivity contribution >= 4 is 23.4 Å². The van der Waals surface area contributed by atoms with Crippen LogP contribution in [-0.4, -0.2) is 48.4 Å². The quantitative estimate of drug-likeness (QED) is 0.293. The Morgan fingerprint density at radius 1 is 1.16 bits per heavy atom. The third-order valence-electron chi connectivity index (χ3n) is 5.25. The van der Waals surface area contributed by atoms with Crippen molar-refractivity contribution < 1.29 is 14.7 Å². The van der Waals surface area contributed by atoms with E-state index in [-0.39, 0.29) is 24.7 Å². The molecule has 0 saturated carbocycles. The molecule has 2 aromatic carbocycles. The van der Waals surface area contributed by atoms with Crippen molar-refractivity contribution in [3.05, 3.63) is 64.7 Å². The third-order valence-corrected chi connectivity index (χ3v) is 5.25. The first-order chi connectivity index (χ1) is 14.5. The number of nitrogen functional groups attached to an aromatic ring is 1. The molecule has 0 radical (unpaired) electrons. The normalized spacial score (nSPS) is 12.6. The molecule has 0 spiro atoms. The Morgan fingerprint density at radius 3 is 2.32 bits per heavy atom. The molecular formula is C23H31N5O3. The molecule has 0 fully saturated rings. The number of amides is 1. The van der Waals surface area contributed by atoms with Gasteiger partial charge in [-0.3, -0.25) is 20.3 Å². The zero-order valence-electron chi connectivity index (χ0n) is 18.5. The molecule has 0 aliphatic heterocycles. The summed E-state index contributed by atoms with van der Waals surface area (Å²) in [5.74, 6) is -1.03. The topological polar surface area (TPSA) is 132 Å². The number of benzene rings is 2. The first-order valence-electron chi connectivity index (χ1n) is 10.0. The molecule has 6 N–H and O–H groups in total. The number of hydrogen-bond donors (Lipinski definition) is 5. The Labute approximate surface area is 183 Å². The van der Waals surface area contributed by atoms with Gasteiger partial charge >= 0.3 is 5.97 Å². The monoisotopic (exact) mass is 425 g/mol. The molecule has 8 nitrogen and oxygen atoms in total. The van der Waals surface area contributed by atoms with Crippen molar-refractivity contribution in [1.29, 1.82) is 5.41 Å². The molecule has 0 aliphatic carbocycles. The summed E-state index contributed by atoms with van der Waals surface area (Å²) in [6.45, 7) is 4.54. The summed E-state index contributed by atoms with van der Waals surface area (Å²) in [5.41, 5.74) is 8.91. The van der Waals surface area contributed by atoms with E-state index in [1.54, 1.807) is 33.2 Å². The van der Waals surface area contributed by atoms with Crippen LogP contribution in [0.25, 0.3) is 0 Å². The highest BCUT2D eigenvalue weighted by Crippen LogP contribution is 2.26. The summed E-state index contributed by atoms with van der Waals surface area (Å²) < 4.78 is 0. The van der Waals surface area contributed by atoms with Gasteiger partial charge in [0.1, 0.15) is 11.4 Å². The fraction of sp³-hybridized carbons (Fsp3) is 0.348. The van der Waals surface area contributed by atoms with Crippen molar-refractivity contribution in [3.8, 4) is 0 Å². The van der Waals surface area contributed by atoms with Gasteiger partial charge in [-0.05, 0) is 54.8 Å². The zero-order chi connectivity index (χ0) is 23.2. The van der Waals surface area contributed by atoms with Gasteiger partial charge in [0, 0.05) is 38.4 Å². The zero-order valence-corrected chi connectivity index (χ0v) is 18.5. The van der Waals surface area contributed by atoms with Crippen LogP contribution in [-0.2, 0) is 21.7 Å². The molecule has 0 heterocycles. The molecule has 1 unspecified atom stereocenters. The second kappa shape index (κ2) is 10.1. The number of rotatable bonds is 10. The summed E-state index contributed by atoms with van der Waals surface area (Å²) in [5, 5.41) is 22.9. The van der Waals surface area contributed by atoms with E-state index in [4.69, 9.17) is 16.2 Å². The fourth-order valence-electron chi connectivity index (χ4n) is 3.34. The van der Waals surface area contributed by atoms with Crippen LogP contribution < -0.4 is 16.4 Å². The smallest absolute Gasteiger partial charge is 0.304 e. The number of carboxylic acids is 1. The largest absolute Gasteiger partial charge is 0.481 e. The van der Waals surface area contributed by atoms with Crippen LogP contribution in [0.2, 0.25) is 0 Å². The lowest BCUT2D eigenvalue weighted by molar-refractivity contribution is -0.138. The van der Waals surface area contributed by atoms with Gasteiger partial charge in [-0.15, -0.1) is 0 Å². The fourth-order valence-corrected chi connectivity index (χ4v) is 3.34. The summed E-state index contributed by atoms with van der Waals surface area (Å²) in [7, 11) is 3.37. The van der Waals surface area contributed by atoms with Crippen molar-refractivity contribution in [2.75, 3.05) is 26.0 Å². The van der Waals surface area contributed by atoms with Gasteiger partial charge in [0.15, 0.2) is 0 Å². The van der Waals surface area contributed by atoms with E-state index in [1.165, 1.54) is 4.90 Å². The molecule has 0 saturated heterocycles. The highest BCUT2D eigenvalue weighted by molar-refractivity contribution is 5.95. The Hall–Kier alpha value is -3.39. The minimum Gasteiger partial charge on any atom is -0.481 e. The van der Waals surface area contributed by atoms with Crippen LogP contribution in [0.5, 0.6) is 0 Å². The van der Waals surface area contributed by atoms with Crippen LogP contribution in [0.15, 0.2) is 42.5 Å². The summed E-state index contributed by atoms with van der Waals surface area (Å²) in [6.07, 6.45) is -0.0697. The van der Waals surface area contributed by atoms with Gasteiger partial charge in [-0.1, -0.05) is 18.2 Å². The average Bonchev–Trinajstić information content (AvgIpc) is 2.72. The Bertz CT molecular complexity index is 956. The average molecular weight is 426 g/mol. The summed E-state index contributed by atoms with van der Waals surface area (Å²) >= 11 is 0. The van der Waals surface area contributed by atoms with Crippen LogP contribution in [0.1, 0.15) is 35.6 Å². The lowest BCUT2D eigenvalue weighted by atomic mass is 9.88. The van der Waals surface area contributed by atoms with E-state index in [2.05, 4.69) is 10.6 Å². The van der Waals surface area contributed by atoms with E-state index in [0.29, 0.717) is 12.1 Å². The Kier molecular flexibility index (Phi) is 7.77. The van der Waals surface area contributed by atoms with Gasteiger partial charge in [0.25, 0.3) is 0 Å². The number of nitrogens with zero attached hydrogens (tertiary/aromatic N) is 1. The molecule has 1 amide bonds. The van der Waals surface area contributed by atoms with Crippen LogP contribution in [0, 0.1) is 12.3 Å². The molecule has 0 aromatic heterocycles. The SMILES string of the molecule is Cc1cc(C(C)(NCCC(=O)O)C(=O)N(C)C)ccc1CNc1ccc(C(=N)N)cc1. The molecular weight excluding hydrogens is 394 g/mol. The van der Waals surface area contributed by atoms with Crippen LogP contribution in [0.3, 0.4) is 0 Å². The van der Waals surface area contributed by atoms with Crippen molar-refractivity contribution in [1.82, 2.24) is 10.2 Å². The maximum Gasteiger partial charge on any atom is 0.304 e. The second-order valence-electron chi connectivity index (χ2n) is 7.88. The number of carbonyl (C=O) groups is 2. The highest BCUT2D eigenvalue weighted by atomic mass is 16.4. The molecule has 1 atom stereocenters. The van der Waals surface area contributed by atoms with E-state index in [0.717, 1.165) is 22.4 Å². The van der Waals surface area contributed by atoms with Crippen molar-refractivity contribution in [3.63, 3.8) is 0 Å². The van der Waals surface area contributed by atoms with E-state index < -0.39 is 11.5 Å². The number of aliphatic carboxylic acids is 1. The second-order valence-corrected chi connectivity index (χ2v) is 7.88. The number of aryl methyl sites for hydroxylation is 1. The van der Waals surface area contributed by atoms with Gasteiger partial charge in [0.05, 0.1) is 6.42 Å². The first-order valence-corrected chi connectivity index (χ1v) is 10.0. The van der Waals surface area contributed by atoms with Gasteiger partial charge in [-0.25, -0.2) is 0 Å². The van der Waals surface area contributed by atoms with Crippen molar-refractivity contribution in [2.45, 2.75) is 32.4 Å². The maximum atomic E-state index is 12.9. The minimum atomic E-state index is -1.03. The first kappa shape index (κ1) is 23.9. The van der Waals surface area contributed by atoms with Crippen LogP contribution >= 0.6 is 0 Å². The van der Waals surface area contributed by atoms with Crippen molar-refractivity contribution in [2.24, 2.45) is 5.73 Å². The lowest BCUT2D eigenvalue weighted by Gasteiger charge is -2.33. The molecule has 31 heavy (non-hydrogen) atoms. The standard InChI is InChI=1S/C23H31N5O3/c1-15-13-18(23(2,22(31)28(3)4)27-12-11-20(29)30)8-5-17(15)14-26-19-9-6-16(7-10-19)21(24)25/h5-10,13,26-27H,11-12,14H2,1-4H3,(H3,24,25)(H,29,30). The molecule has 2 rings (SSSR count). The number of likely N-dealkylation sites (N-methyl/N-ethyl adjacent to an activating group) is 1. The number of hydrogen-bond acceptors (Lipinski definition) is 5. The maximum absolute atomic E-state index is 12.9. The number of nitrogens with two attached hydrogens (primary N) is 1. The predicted octanol–water partition coefficient (Wildman–Crippen LogP) is 2.26. The van der Waals surface area contributed by atoms with E-state index in [9.17, 15) is 9.59 Å². The number of nitrogens with one attached hydrogen (secondary N) is 3. The van der Waals surface area contributed by atoms with Crippen LogP contribution in [0.4, 0.5) is 5.69 Å². The molecule has 0 aliphatic rings. The highest BCUT2D eigenvalue weighted by Gasteiger charge is 2.36. The van der Waals surface area contributed by atoms with Gasteiger partial charge in [0.2, 0.25) is 5.91 Å².